The topological polar surface area (TPSA) is 82.2 Å². The Hall–Kier alpha value is -3.14. The van der Waals surface area contributed by atoms with Crippen LogP contribution < -0.4 is 5.32 Å². The number of ether oxygens (including phenoxy) is 1. The van der Waals surface area contributed by atoms with Crippen molar-refractivity contribution >= 4 is 22.6 Å². The minimum absolute atomic E-state index is 0.140. The summed E-state index contributed by atoms with van der Waals surface area (Å²) in [5.41, 5.74) is 4.40. The maximum absolute atomic E-state index is 12.4. The number of aromatic nitrogens is 6. The molecule has 8 nitrogen and oxygen atoms in total. The molecule has 4 aromatic rings. The highest BCUT2D eigenvalue weighted by Crippen LogP contribution is 2.27. The number of hydrogen-bond donors (Lipinski definition) is 1. The van der Waals surface area contributed by atoms with E-state index in [2.05, 4.69) is 36.6 Å². The fraction of sp³-hybridized carbons (Fsp3) is 0.455. The third kappa shape index (κ3) is 3.90. The number of pyridine rings is 1. The lowest BCUT2D eigenvalue weighted by atomic mass is 9.93. The van der Waals surface area contributed by atoms with E-state index in [9.17, 15) is 8.78 Å². The predicted octanol–water partition coefficient (Wildman–Crippen LogP) is 4.43. The van der Waals surface area contributed by atoms with Gasteiger partial charge < -0.3 is 14.6 Å². The van der Waals surface area contributed by atoms with Crippen molar-refractivity contribution in [3.63, 3.8) is 0 Å². The Morgan fingerprint density at radius 2 is 1.97 bits per heavy atom. The fourth-order valence-corrected chi connectivity index (χ4v) is 4.50. The minimum atomic E-state index is -2.71. The highest BCUT2D eigenvalue weighted by atomic mass is 19.3. The smallest absolute Gasteiger partial charge is 0.345 e. The van der Waals surface area contributed by atoms with E-state index in [0.29, 0.717) is 18.8 Å². The molecule has 0 radical (unpaired) electrons. The molecule has 1 aliphatic carbocycles. The largest absolute Gasteiger partial charge is 0.350 e. The van der Waals surface area contributed by atoms with Gasteiger partial charge in [0.05, 0.1) is 23.5 Å². The molecular formula is C22H25F2N7O. The van der Waals surface area contributed by atoms with Gasteiger partial charge in [0.25, 0.3) is 0 Å². The quantitative estimate of drug-likeness (QED) is 0.477. The van der Waals surface area contributed by atoms with Crippen LogP contribution in [-0.4, -0.2) is 47.9 Å². The number of hydrogen-bond acceptors (Lipinski definition) is 6. The van der Waals surface area contributed by atoms with E-state index >= 15 is 0 Å². The standard InChI is InChI=1S/C22H25F2N7O/c1-3-30-13(2)26-18-9-8-17(28-20(18)30)16-10-11-31-19(16)12-25-22(29-31)27-14-4-6-15(7-5-14)32-21(23)24/h8-12,14-15,21H,3-7H2,1-2H3,(H,27,29). The average molecular weight is 441 g/mol. The molecule has 4 heterocycles. The van der Waals surface area contributed by atoms with Crippen LogP contribution in [0, 0.1) is 6.92 Å². The van der Waals surface area contributed by atoms with E-state index in [0.717, 1.165) is 53.1 Å². The SMILES string of the molecule is CCn1c(C)nc2ccc(-c3ccn4nc(NC5CCC(OC(F)F)CC5)ncc34)nc21. The second kappa shape index (κ2) is 8.42. The molecule has 168 valence electrons. The van der Waals surface area contributed by atoms with Gasteiger partial charge in [-0.25, -0.2) is 19.5 Å². The van der Waals surface area contributed by atoms with Gasteiger partial charge in [0, 0.05) is 24.3 Å². The van der Waals surface area contributed by atoms with Gasteiger partial charge in [0.15, 0.2) is 5.65 Å². The van der Waals surface area contributed by atoms with Gasteiger partial charge >= 0.3 is 6.61 Å². The van der Waals surface area contributed by atoms with Crippen molar-refractivity contribution in [1.29, 1.82) is 0 Å². The van der Waals surface area contributed by atoms with E-state index in [1.807, 2.05) is 31.3 Å². The normalized spacial score (nSPS) is 19.3. The van der Waals surface area contributed by atoms with Crippen LogP contribution in [0.15, 0.2) is 30.6 Å². The van der Waals surface area contributed by atoms with Gasteiger partial charge in [0.2, 0.25) is 5.95 Å². The van der Waals surface area contributed by atoms with Crippen LogP contribution >= 0.6 is 0 Å². The first-order valence-electron chi connectivity index (χ1n) is 10.9. The number of anilines is 1. The van der Waals surface area contributed by atoms with E-state index in [1.165, 1.54) is 0 Å². The predicted molar refractivity (Wildman–Crippen MR) is 117 cm³/mol. The van der Waals surface area contributed by atoms with Gasteiger partial charge in [-0.15, -0.1) is 5.10 Å². The van der Waals surface area contributed by atoms with Gasteiger partial charge in [0.1, 0.15) is 11.3 Å². The van der Waals surface area contributed by atoms with Crippen LogP contribution in [0.25, 0.3) is 27.9 Å². The first-order valence-corrected chi connectivity index (χ1v) is 10.9. The Labute approximate surface area is 183 Å². The van der Waals surface area contributed by atoms with Crippen LogP contribution in [-0.2, 0) is 11.3 Å². The Bertz CT molecular complexity index is 1240. The van der Waals surface area contributed by atoms with Crippen molar-refractivity contribution in [2.75, 3.05) is 5.32 Å². The average Bonchev–Trinajstić information content (AvgIpc) is 3.33. The summed E-state index contributed by atoms with van der Waals surface area (Å²) >= 11 is 0. The van der Waals surface area contributed by atoms with Crippen molar-refractivity contribution in [3.05, 3.63) is 36.4 Å². The molecule has 32 heavy (non-hydrogen) atoms. The Morgan fingerprint density at radius 1 is 1.16 bits per heavy atom. The molecular weight excluding hydrogens is 416 g/mol. The van der Waals surface area contributed by atoms with E-state index in [1.54, 1.807) is 10.7 Å². The van der Waals surface area contributed by atoms with E-state index in [4.69, 9.17) is 4.98 Å². The zero-order valence-electron chi connectivity index (χ0n) is 18.0. The first kappa shape index (κ1) is 20.7. The molecule has 1 fully saturated rings. The molecule has 5 rings (SSSR count). The monoisotopic (exact) mass is 441 g/mol. The van der Waals surface area contributed by atoms with Crippen molar-refractivity contribution in [3.8, 4) is 11.3 Å². The number of rotatable bonds is 6. The highest BCUT2D eigenvalue weighted by Gasteiger charge is 2.24. The van der Waals surface area contributed by atoms with Crippen molar-refractivity contribution in [2.24, 2.45) is 0 Å². The number of nitrogens with zero attached hydrogens (tertiary/aromatic N) is 6. The lowest BCUT2D eigenvalue weighted by Gasteiger charge is -2.28. The van der Waals surface area contributed by atoms with E-state index < -0.39 is 6.61 Å². The van der Waals surface area contributed by atoms with E-state index in [-0.39, 0.29) is 12.1 Å². The zero-order valence-corrected chi connectivity index (χ0v) is 18.0. The minimum Gasteiger partial charge on any atom is -0.350 e. The summed E-state index contributed by atoms with van der Waals surface area (Å²) in [7, 11) is 0. The maximum atomic E-state index is 12.4. The third-order valence-corrected chi connectivity index (χ3v) is 6.09. The maximum Gasteiger partial charge on any atom is 0.345 e. The molecule has 0 spiro atoms. The van der Waals surface area contributed by atoms with Crippen LogP contribution in [0.5, 0.6) is 0 Å². The Balaban J connectivity index is 1.35. The zero-order chi connectivity index (χ0) is 22.2. The Kier molecular flexibility index (Phi) is 5.46. The van der Waals surface area contributed by atoms with Gasteiger partial charge in [-0.1, -0.05) is 0 Å². The summed E-state index contributed by atoms with van der Waals surface area (Å²) < 4.78 is 33.3. The number of halogens is 2. The lowest BCUT2D eigenvalue weighted by Crippen LogP contribution is -2.31. The molecule has 0 bridgehead atoms. The molecule has 0 amide bonds. The molecule has 0 aliphatic heterocycles. The number of fused-ring (bicyclic) bond motifs is 2. The molecule has 0 aromatic carbocycles. The first-order chi connectivity index (χ1) is 15.5. The molecule has 1 saturated carbocycles. The number of aryl methyl sites for hydroxylation is 2. The summed E-state index contributed by atoms with van der Waals surface area (Å²) in [4.78, 5) is 13.9. The second-order valence-corrected chi connectivity index (χ2v) is 8.10. The van der Waals surface area contributed by atoms with Crippen LogP contribution in [0.4, 0.5) is 14.7 Å². The molecule has 0 saturated heterocycles. The van der Waals surface area contributed by atoms with Crippen molar-refractivity contribution in [2.45, 2.75) is 64.8 Å². The number of nitrogens with one attached hydrogen (secondary N) is 1. The van der Waals surface area contributed by atoms with Crippen molar-refractivity contribution < 1.29 is 13.5 Å². The Morgan fingerprint density at radius 3 is 2.72 bits per heavy atom. The fourth-order valence-electron chi connectivity index (χ4n) is 4.50. The summed E-state index contributed by atoms with van der Waals surface area (Å²) in [6, 6.07) is 6.08. The van der Waals surface area contributed by atoms with Gasteiger partial charge in [-0.05, 0) is 57.7 Å². The van der Waals surface area contributed by atoms with Crippen LogP contribution in [0.3, 0.4) is 0 Å². The third-order valence-electron chi connectivity index (χ3n) is 6.09. The molecule has 1 N–H and O–H groups in total. The summed E-state index contributed by atoms with van der Waals surface area (Å²) in [6.45, 7) is 2.17. The number of alkyl halides is 2. The molecule has 4 aromatic heterocycles. The summed E-state index contributed by atoms with van der Waals surface area (Å²) in [5, 5.41) is 7.91. The molecule has 1 aliphatic rings. The summed E-state index contributed by atoms with van der Waals surface area (Å²) in [5.74, 6) is 1.46. The molecule has 10 heteroatoms. The highest BCUT2D eigenvalue weighted by molar-refractivity contribution is 5.82. The number of imidazole rings is 1. The van der Waals surface area contributed by atoms with Gasteiger partial charge in [-0.2, -0.15) is 8.78 Å². The van der Waals surface area contributed by atoms with Crippen LogP contribution in [0.1, 0.15) is 38.4 Å². The summed E-state index contributed by atoms with van der Waals surface area (Å²) in [6.07, 6.45) is 5.97. The van der Waals surface area contributed by atoms with Crippen molar-refractivity contribution in [1.82, 2.24) is 29.1 Å². The lowest BCUT2D eigenvalue weighted by molar-refractivity contribution is -0.169. The van der Waals surface area contributed by atoms with Crippen LogP contribution in [0.2, 0.25) is 0 Å². The van der Waals surface area contributed by atoms with Gasteiger partial charge in [-0.3, -0.25) is 0 Å². The second-order valence-electron chi connectivity index (χ2n) is 8.10. The molecule has 0 atom stereocenters. The molecule has 0 unspecified atom stereocenters.